The molecule has 3 heterocycles. The molecule has 43 heavy (non-hydrogen) atoms. The third-order valence-corrected chi connectivity index (χ3v) is 7.81. The predicted octanol–water partition coefficient (Wildman–Crippen LogP) is 10.2. The van der Waals surface area contributed by atoms with Crippen molar-refractivity contribution in [3.05, 3.63) is 133 Å². The average molecular weight is 742 g/mol. The molecule has 0 bridgehead atoms. The van der Waals surface area contributed by atoms with E-state index in [1.807, 2.05) is 54.6 Å². The van der Waals surface area contributed by atoms with Crippen molar-refractivity contribution in [2.45, 2.75) is 38.9 Å². The number of furan rings is 1. The number of hydrogen-bond donors (Lipinski definition) is 0. The van der Waals surface area contributed by atoms with Crippen LogP contribution in [0, 0.1) is 24.9 Å². The van der Waals surface area contributed by atoms with E-state index in [1.54, 1.807) is 24.4 Å². The van der Waals surface area contributed by atoms with Crippen LogP contribution in [0.25, 0.3) is 55.2 Å². The molecule has 4 aromatic carbocycles. The number of rotatable bonds is 4. The largest absolute Gasteiger partial charge is 0.500 e. The second kappa shape index (κ2) is 13.0. The van der Waals surface area contributed by atoms with Gasteiger partial charge >= 0.3 is 0 Å². The summed E-state index contributed by atoms with van der Waals surface area (Å²) in [6.07, 6.45) is 5.87. The van der Waals surface area contributed by atoms with Crippen molar-refractivity contribution in [1.29, 1.82) is 0 Å². The Bertz CT molecular complexity index is 2170. The zero-order valence-corrected chi connectivity index (χ0v) is 25.8. The zero-order chi connectivity index (χ0) is 32.6. The van der Waals surface area contributed by atoms with Gasteiger partial charge in [-0.3, -0.25) is 0 Å². The van der Waals surface area contributed by atoms with E-state index in [1.165, 1.54) is 6.20 Å². The molecule has 0 amide bonds. The summed E-state index contributed by atoms with van der Waals surface area (Å²) in [5, 5.41) is 4.33. The van der Waals surface area contributed by atoms with Crippen molar-refractivity contribution in [1.82, 2.24) is 9.97 Å². The second-order valence-corrected chi connectivity index (χ2v) is 10.6. The molecule has 0 spiro atoms. The molecule has 0 atom stereocenters. The molecule has 4 heteroatoms. The van der Waals surface area contributed by atoms with Crippen molar-refractivity contribution in [2.75, 3.05) is 0 Å². The van der Waals surface area contributed by atoms with Gasteiger partial charge in [-0.2, -0.15) is 0 Å². The van der Waals surface area contributed by atoms with Gasteiger partial charge in [0.25, 0.3) is 0 Å². The SMILES string of the molecule is [2H]C([2H])([2H])c1ccc(-c2[c-]cccc2)nc1.[2H]C([2H])(c1ccnc(-c2[c-]ccc3c2oc2c4ccccc4ccc32)c1)C1CCCC1.[Ir]. The van der Waals surface area contributed by atoms with Gasteiger partial charge in [-0.15, -0.1) is 54.1 Å². The minimum Gasteiger partial charge on any atom is -0.500 e. The van der Waals surface area contributed by atoms with E-state index in [9.17, 15) is 0 Å². The number of nitrogens with zero attached hydrogens (tertiary/aromatic N) is 2. The van der Waals surface area contributed by atoms with Gasteiger partial charge < -0.3 is 14.4 Å². The van der Waals surface area contributed by atoms with Crippen LogP contribution >= 0.6 is 0 Å². The molecule has 7 aromatic rings. The van der Waals surface area contributed by atoms with E-state index in [0.29, 0.717) is 11.3 Å². The molecular formula is C39H32IrN2O-2. The fourth-order valence-corrected chi connectivity index (χ4v) is 5.73. The molecule has 3 aromatic heterocycles. The molecule has 0 N–H and O–H groups in total. The van der Waals surface area contributed by atoms with E-state index in [2.05, 4.69) is 46.4 Å². The molecule has 1 radical (unpaired) electrons. The Hall–Kier alpha value is -4.11. The molecule has 215 valence electrons. The summed E-state index contributed by atoms with van der Waals surface area (Å²) in [5.41, 5.74) is 5.64. The molecule has 1 aliphatic carbocycles. The maximum atomic E-state index is 8.77. The van der Waals surface area contributed by atoms with E-state index < -0.39 is 13.2 Å². The number of benzene rings is 4. The van der Waals surface area contributed by atoms with Crippen LogP contribution in [0.2, 0.25) is 0 Å². The first-order valence-electron chi connectivity index (χ1n) is 16.9. The van der Waals surface area contributed by atoms with E-state index in [-0.39, 0.29) is 31.6 Å². The average Bonchev–Trinajstić information content (AvgIpc) is 3.78. The van der Waals surface area contributed by atoms with Gasteiger partial charge in [0.15, 0.2) is 0 Å². The minimum absolute atomic E-state index is 0. The van der Waals surface area contributed by atoms with Crippen LogP contribution in [-0.4, -0.2) is 9.97 Å². The number of aromatic nitrogens is 2. The molecule has 1 fully saturated rings. The van der Waals surface area contributed by atoms with Crippen LogP contribution in [-0.2, 0) is 26.5 Å². The zero-order valence-electron chi connectivity index (χ0n) is 28.4. The third kappa shape index (κ3) is 6.18. The summed E-state index contributed by atoms with van der Waals surface area (Å²) in [6, 6.07) is 37.2. The number of pyridine rings is 2. The van der Waals surface area contributed by atoms with Gasteiger partial charge in [0.05, 0.1) is 5.58 Å². The van der Waals surface area contributed by atoms with Crippen molar-refractivity contribution in [3.8, 4) is 22.5 Å². The maximum Gasteiger partial charge on any atom is 0.128 e. The summed E-state index contributed by atoms with van der Waals surface area (Å²) in [4.78, 5) is 8.70. The molecule has 8 rings (SSSR count). The Balaban J connectivity index is 0.000000201. The third-order valence-electron chi connectivity index (χ3n) is 7.81. The molecule has 0 saturated heterocycles. The van der Waals surface area contributed by atoms with Gasteiger partial charge in [-0.25, -0.2) is 0 Å². The molecular weight excluding hydrogens is 705 g/mol. The van der Waals surface area contributed by atoms with Crippen LogP contribution in [0.5, 0.6) is 0 Å². The van der Waals surface area contributed by atoms with Gasteiger partial charge in [-0.1, -0.05) is 96.8 Å². The minimum atomic E-state index is -2.09. The van der Waals surface area contributed by atoms with Crippen molar-refractivity contribution in [2.24, 2.45) is 5.92 Å². The summed E-state index contributed by atoms with van der Waals surface area (Å²) in [6.45, 7) is -2.09. The quantitative estimate of drug-likeness (QED) is 0.169. The fraction of sp³-hybridized carbons (Fsp3) is 0.179. The second-order valence-electron chi connectivity index (χ2n) is 10.6. The summed E-state index contributed by atoms with van der Waals surface area (Å²) in [5.74, 6) is 0.0695. The van der Waals surface area contributed by atoms with Crippen LogP contribution < -0.4 is 0 Å². The molecule has 1 saturated carbocycles. The molecule has 0 unspecified atom stereocenters. The number of aryl methyl sites for hydroxylation is 1. The Kier molecular flexibility index (Phi) is 7.08. The van der Waals surface area contributed by atoms with Gasteiger partial charge in [0, 0.05) is 50.1 Å². The van der Waals surface area contributed by atoms with E-state index in [0.717, 1.165) is 75.2 Å². The Labute approximate surface area is 273 Å². The standard InChI is InChI=1S/C27H22NO.C12H10N.Ir/c1-2-7-18(6-1)16-19-14-15-28-25(17-19)24-11-5-10-22-23-13-12-20-8-3-4-9-21(20)26(23)29-27(22)24;1-10-7-8-12(13-9-10)11-5-3-2-4-6-11;/h3-5,8-10,12-15,17-18H,1-2,6-7,16H2;2-5,7-9H,1H3;/q2*-1;/i16D2;1D3;. The number of hydrogen-bond acceptors (Lipinski definition) is 3. The van der Waals surface area contributed by atoms with Crippen molar-refractivity contribution < 1.29 is 31.4 Å². The van der Waals surface area contributed by atoms with Crippen molar-refractivity contribution >= 4 is 32.7 Å². The van der Waals surface area contributed by atoms with Crippen LogP contribution in [0.15, 0.2) is 114 Å². The summed E-state index contributed by atoms with van der Waals surface area (Å²) in [7, 11) is 0. The van der Waals surface area contributed by atoms with Crippen LogP contribution in [0.1, 0.15) is 43.7 Å². The smallest absolute Gasteiger partial charge is 0.128 e. The Morgan fingerprint density at radius 3 is 2.49 bits per heavy atom. The number of fused-ring (bicyclic) bond motifs is 5. The first-order chi connectivity index (χ1) is 22.7. The fourth-order valence-electron chi connectivity index (χ4n) is 5.73. The molecule has 0 aliphatic heterocycles. The van der Waals surface area contributed by atoms with E-state index in [4.69, 9.17) is 11.3 Å². The first kappa shape index (κ1) is 23.4. The molecule has 1 aliphatic rings. The van der Waals surface area contributed by atoms with Crippen LogP contribution in [0.4, 0.5) is 0 Å². The topological polar surface area (TPSA) is 38.9 Å². The summed E-state index contributed by atoms with van der Waals surface area (Å²) >= 11 is 0. The van der Waals surface area contributed by atoms with Crippen molar-refractivity contribution in [3.63, 3.8) is 0 Å². The predicted molar refractivity (Wildman–Crippen MR) is 172 cm³/mol. The first-order valence-corrected chi connectivity index (χ1v) is 14.4. The van der Waals surface area contributed by atoms with E-state index >= 15 is 0 Å². The monoisotopic (exact) mass is 742 g/mol. The van der Waals surface area contributed by atoms with Gasteiger partial charge in [0.2, 0.25) is 0 Å². The van der Waals surface area contributed by atoms with Crippen LogP contribution in [0.3, 0.4) is 0 Å². The van der Waals surface area contributed by atoms with Gasteiger partial charge in [-0.05, 0) is 47.5 Å². The molecule has 3 nitrogen and oxygen atoms in total. The normalized spacial score (nSPS) is 15.5. The van der Waals surface area contributed by atoms with Gasteiger partial charge in [0.1, 0.15) is 5.58 Å². The Morgan fingerprint density at radius 1 is 0.814 bits per heavy atom. The Morgan fingerprint density at radius 2 is 1.67 bits per heavy atom. The summed E-state index contributed by atoms with van der Waals surface area (Å²) < 4.78 is 45.7. The maximum absolute atomic E-state index is 8.77.